The molecule has 0 saturated heterocycles. The van der Waals surface area contributed by atoms with E-state index in [-0.39, 0.29) is 18.0 Å². The van der Waals surface area contributed by atoms with E-state index >= 15 is 0 Å². The van der Waals surface area contributed by atoms with Crippen molar-refractivity contribution in [3.8, 4) is 11.5 Å². The lowest BCUT2D eigenvalue weighted by Crippen LogP contribution is -2.33. The van der Waals surface area contributed by atoms with Crippen molar-refractivity contribution in [1.29, 1.82) is 0 Å². The number of urea groups is 1. The van der Waals surface area contributed by atoms with Crippen LogP contribution in [0.2, 0.25) is 0 Å². The number of anilines is 1. The van der Waals surface area contributed by atoms with Crippen molar-refractivity contribution in [1.82, 2.24) is 20.4 Å². The molecule has 0 aliphatic carbocycles. The van der Waals surface area contributed by atoms with E-state index in [1.807, 2.05) is 45.0 Å². The summed E-state index contributed by atoms with van der Waals surface area (Å²) in [5.41, 5.74) is 3.14. The summed E-state index contributed by atoms with van der Waals surface area (Å²) in [5.74, 6) is 0.777. The van der Waals surface area contributed by atoms with E-state index in [1.165, 1.54) is 0 Å². The van der Waals surface area contributed by atoms with Crippen LogP contribution in [0.25, 0.3) is 11.5 Å². The number of hydrogen-bond donors (Lipinski definition) is 2. The highest BCUT2D eigenvalue weighted by molar-refractivity contribution is 5.94. The molecular formula is C24H29N5O3. The first-order valence-electron chi connectivity index (χ1n) is 10.7. The first-order valence-corrected chi connectivity index (χ1v) is 10.7. The van der Waals surface area contributed by atoms with Crippen molar-refractivity contribution in [3.05, 3.63) is 65.5 Å². The van der Waals surface area contributed by atoms with E-state index in [0.29, 0.717) is 30.2 Å². The molecule has 3 amide bonds. The van der Waals surface area contributed by atoms with Gasteiger partial charge in [0.15, 0.2) is 5.82 Å². The van der Waals surface area contributed by atoms with Crippen molar-refractivity contribution in [2.45, 2.75) is 39.7 Å². The van der Waals surface area contributed by atoms with Crippen LogP contribution in [0.5, 0.6) is 0 Å². The molecule has 0 saturated carbocycles. The molecule has 0 aliphatic rings. The van der Waals surface area contributed by atoms with Gasteiger partial charge in [0.1, 0.15) is 0 Å². The molecule has 8 nitrogen and oxygen atoms in total. The normalized spacial score (nSPS) is 11.6. The van der Waals surface area contributed by atoms with Crippen LogP contribution in [0.15, 0.2) is 53.1 Å². The third-order valence-electron chi connectivity index (χ3n) is 5.14. The standard InChI is InChI=1S/C24H29N5O3/c1-5-17(3)25-22(30)18-9-11-19(12-10-18)23-27-21(28-32-23)13-14-29(4)24(31)26-20-8-6-7-16(2)15-20/h6-12,15,17H,5,13-14H2,1-4H3,(H,25,30)(H,26,31). The Bertz CT molecular complexity index is 1060. The van der Waals surface area contributed by atoms with Crippen LogP contribution in [0, 0.1) is 6.92 Å². The minimum atomic E-state index is -0.203. The number of aromatic nitrogens is 2. The number of carbonyl (C=O) groups is 2. The van der Waals surface area contributed by atoms with E-state index in [4.69, 9.17) is 4.52 Å². The van der Waals surface area contributed by atoms with Gasteiger partial charge >= 0.3 is 6.03 Å². The second kappa shape index (κ2) is 10.6. The van der Waals surface area contributed by atoms with Crippen LogP contribution < -0.4 is 10.6 Å². The molecule has 1 unspecified atom stereocenters. The maximum absolute atomic E-state index is 12.4. The third kappa shape index (κ3) is 6.16. The number of amides is 3. The Kier molecular flexibility index (Phi) is 7.59. The van der Waals surface area contributed by atoms with Gasteiger partial charge in [-0.05, 0) is 62.2 Å². The molecule has 0 fully saturated rings. The molecule has 2 aromatic carbocycles. The Hall–Kier alpha value is -3.68. The van der Waals surface area contributed by atoms with Crippen LogP contribution in [0.3, 0.4) is 0 Å². The topological polar surface area (TPSA) is 100 Å². The van der Waals surface area contributed by atoms with Gasteiger partial charge in [0.05, 0.1) is 0 Å². The Morgan fingerprint density at radius 2 is 1.91 bits per heavy atom. The molecule has 0 spiro atoms. The fourth-order valence-electron chi connectivity index (χ4n) is 2.96. The lowest BCUT2D eigenvalue weighted by Gasteiger charge is -2.17. The summed E-state index contributed by atoms with van der Waals surface area (Å²) in [6.45, 7) is 6.40. The summed E-state index contributed by atoms with van der Waals surface area (Å²) in [6.07, 6.45) is 1.33. The fraction of sp³-hybridized carbons (Fsp3) is 0.333. The predicted molar refractivity (Wildman–Crippen MR) is 123 cm³/mol. The molecule has 1 atom stereocenters. The summed E-state index contributed by atoms with van der Waals surface area (Å²) in [4.78, 5) is 30.5. The van der Waals surface area contributed by atoms with Gasteiger partial charge in [-0.25, -0.2) is 4.79 Å². The number of nitrogens with zero attached hydrogens (tertiary/aromatic N) is 3. The lowest BCUT2D eigenvalue weighted by molar-refractivity contribution is 0.0939. The number of benzene rings is 2. The molecule has 2 N–H and O–H groups in total. The number of aryl methyl sites for hydroxylation is 1. The van der Waals surface area contributed by atoms with Crippen molar-refractivity contribution in [2.24, 2.45) is 0 Å². The molecule has 1 aromatic heterocycles. The highest BCUT2D eigenvalue weighted by atomic mass is 16.5. The molecule has 0 bridgehead atoms. The SMILES string of the molecule is CCC(C)NC(=O)c1ccc(-c2nc(CCN(C)C(=O)Nc3cccc(C)c3)no2)cc1. The van der Waals surface area contributed by atoms with Gasteiger partial charge < -0.3 is 20.1 Å². The van der Waals surface area contributed by atoms with Crippen LogP contribution in [0.4, 0.5) is 10.5 Å². The first-order chi connectivity index (χ1) is 15.4. The van der Waals surface area contributed by atoms with Crippen LogP contribution in [-0.4, -0.2) is 46.6 Å². The molecule has 0 aliphatic heterocycles. The zero-order valence-corrected chi connectivity index (χ0v) is 18.9. The maximum Gasteiger partial charge on any atom is 0.321 e. The minimum absolute atomic E-state index is 0.107. The maximum atomic E-state index is 12.4. The van der Waals surface area contributed by atoms with E-state index in [0.717, 1.165) is 23.2 Å². The summed E-state index contributed by atoms with van der Waals surface area (Å²) in [5, 5.41) is 9.81. The molecular weight excluding hydrogens is 406 g/mol. The second-order valence-electron chi connectivity index (χ2n) is 7.85. The van der Waals surface area contributed by atoms with Crippen LogP contribution in [-0.2, 0) is 6.42 Å². The van der Waals surface area contributed by atoms with E-state index < -0.39 is 0 Å². The van der Waals surface area contributed by atoms with Gasteiger partial charge in [-0.15, -0.1) is 0 Å². The van der Waals surface area contributed by atoms with Gasteiger partial charge in [-0.2, -0.15) is 4.98 Å². The number of hydrogen-bond acceptors (Lipinski definition) is 5. The average molecular weight is 436 g/mol. The van der Waals surface area contributed by atoms with Crippen LogP contribution in [0.1, 0.15) is 42.0 Å². The van der Waals surface area contributed by atoms with Gasteiger partial charge in [0.25, 0.3) is 11.8 Å². The Labute approximate surface area is 188 Å². The second-order valence-corrected chi connectivity index (χ2v) is 7.85. The fourth-order valence-corrected chi connectivity index (χ4v) is 2.96. The van der Waals surface area contributed by atoms with Crippen molar-refractivity contribution >= 4 is 17.6 Å². The molecule has 8 heteroatoms. The summed E-state index contributed by atoms with van der Waals surface area (Å²) in [7, 11) is 1.72. The van der Waals surface area contributed by atoms with Gasteiger partial charge in [0, 0.05) is 42.9 Å². The highest BCUT2D eigenvalue weighted by Crippen LogP contribution is 2.18. The zero-order chi connectivity index (χ0) is 23.1. The highest BCUT2D eigenvalue weighted by Gasteiger charge is 2.14. The van der Waals surface area contributed by atoms with Crippen molar-refractivity contribution in [2.75, 3.05) is 18.9 Å². The number of carbonyl (C=O) groups excluding carboxylic acids is 2. The quantitative estimate of drug-likeness (QED) is 0.550. The third-order valence-corrected chi connectivity index (χ3v) is 5.14. The zero-order valence-electron chi connectivity index (χ0n) is 18.9. The summed E-state index contributed by atoms with van der Waals surface area (Å²) in [6, 6.07) is 14.6. The van der Waals surface area contributed by atoms with Crippen molar-refractivity contribution < 1.29 is 14.1 Å². The number of likely N-dealkylation sites (N-methyl/N-ethyl adjacent to an activating group) is 1. The predicted octanol–water partition coefficient (Wildman–Crippen LogP) is 4.28. The van der Waals surface area contributed by atoms with E-state index in [2.05, 4.69) is 20.8 Å². The van der Waals surface area contributed by atoms with Gasteiger partial charge in [-0.3, -0.25) is 4.79 Å². The average Bonchev–Trinajstić information content (AvgIpc) is 3.26. The Balaban J connectivity index is 1.54. The molecule has 168 valence electrons. The minimum Gasteiger partial charge on any atom is -0.350 e. The number of rotatable bonds is 8. The largest absolute Gasteiger partial charge is 0.350 e. The molecule has 1 heterocycles. The van der Waals surface area contributed by atoms with E-state index in [9.17, 15) is 9.59 Å². The Morgan fingerprint density at radius 3 is 2.59 bits per heavy atom. The van der Waals surface area contributed by atoms with E-state index in [1.54, 1.807) is 36.2 Å². The summed E-state index contributed by atoms with van der Waals surface area (Å²) >= 11 is 0. The smallest absolute Gasteiger partial charge is 0.321 e. The monoisotopic (exact) mass is 435 g/mol. The van der Waals surface area contributed by atoms with Gasteiger partial charge in [0.2, 0.25) is 0 Å². The van der Waals surface area contributed by atoms with Gasteiger partial charge in [-0.1, -0.05) is 24.2 Å². The van der Waals surface area contributed by atoms with Crippen molar-refractivity contribution in [3.63, 3.8) is 0 Å². The van der Waals surface area contributed by atoms with Crippen LogP contribution >= 0.6 is 0 Å². The molecule has 3 aromatic rings. The lowest BCUT2D eigenvalue weighted by atomic mass is 10.1. The summed E-state index contributed by atoms with van der Waals surface area (Å²) < 4.78 is 5.35. The first kappa shape index (κ1) is 23.0. The Morgan fingerprint density at radius 1 is 1.16 bits per heavy atom. The molecule has 0 radical (unpaired) electrons. The molecule has 3 rings (SSSR count). The number of nitrogens with one attached hydrogen (secondary N) is 2. The molecule has 32 heavy (non-hydrogen) atoms.